The minimum Gasteiger partial charge on any atom is -0.379 e. The topological polar surface area (TPSA) is 48.1 Å². The number of morpholine rings is 1. The Bertz CT molecular complexity index is 806. The number of rotatable bonds is 7. The first-order valence-corrected chi connectivity index (χ1v) is 13.0. The fourth-order valence-corrected chi connectivity index (χ4v) is 5.77. The van der Waals surface area contributed by atoms with E-state index in [2.05, 4.69) is 20.0 Å². The molecule has 0 radical (unpaired) electrons. The maximum Gasteiger partial charge on any atom is 0.416 e. The maximum atomic E-state index is 12.9. The summed E-state index contributed by atoms with van der Waals surface area (Å²) in [6.45, 7) is 8.46. The van der Waals surface area contributed by atoms with Crippen LogP contribution in [0.25, 0.3) is 0 Å². The van der Waals surface area contributed by atoms with Gasteiger partial charge in [0.2, 0.25) is 5.91 Å². The number of hydrogen-bond acceptors (Lipinski definition) is 5. The van der Waals surface area contributed by atoms with Crippen molar-refractivity contribution in [2.45, 2.75) is 56.8 Å². The summed E-state index contributed by atoms with van der Waals surface area (Å²) in [7, 11) is 0. The standard InChI is InChI=1S/C26H39F3N4O2/c27-26(28,29)23-7-5-22(6-8-23)19-31-11-4-12-32(14-13-31)20-24(34)30-21-25(9-2-1-3-10-25)33-15-17-35-18-16-33/h5-8H,1-4,9-21H2,(H,30,34). The summed E-state index contributed by atoms with van der Waals surface area (Å²) in [6, 6.07) is 5.43. The largest absolute Gasteiger partial charge is 0.416 e. The van der Waals surface area contributed by atoms with Gasteiger partial charge in [-0.3, -0.25) is 19.5 Å². The highest BCUT2D eigenvalue weighted by Gasteiger charge is 2.39. The molecule has 0 aromatic heterocycles. The lowest BCUT2D eigenvalue weighted by Crippen LogP contribution is -2.60. The molecule has 0 atom stereocenters. The number of carbonyl (C=O) groups is 1. The van der Waals surface area contributed by atoms with Crippen molar-refractivity contribution in [2.75, 3.05) is 65.6 Å². The summed E-state index contributed by atoms with van der Waals surface area (Å²) in [4.78, 5) is 19.9. The van der Waals surface area contributed by atoms with Crippen molar-refractivity contribution in [3.63, 3.8) is 0 Å². The van der Waals surface area contributed by atoms with Gasteiger partial charge >= 0.3 is 6.18 Å². The van der Waals surface area contributed by atoms with E-state index < -0.39 is 11.7 Å². The summed E-state index contributed by atoms with van der Waals surface area (Å²) in [6.07, 6.45) is 2.61. The first kappa shape index (κ1) is 26.4. The van der Waals surface area contributed by atoms with Crippen molar-refractivity contribution in [3.8, 4) is 0 Å². The zero-order valence-electron chi connectivity index (χ0n) is 20.6. The number of ether oxygens (including phenoxy) is 1. The Morgan fingerprint density at radius 2 is 1.54 bits per heavy atom. The molecule has 1 N–H and O–H groups in total. The summed E-state index contributed by atoms with van der Waals surface area (Å²) >= 11 is 0. The molecule has 2 saturated heterocycles. The Morgan fingerprint density at radius 3 is 2.23 bits per heavy atom. The van der Waals surface area contributed by atoms with Crippen LogP contribution in [0.5, 0.6) is 0 Å². The van der Waals surface area contributed by atoms with E-state index in [9.17, 15) is 18.0 Å². The molecule has 1 saturated carbocycles. The van der Waals surface area contributed by atoms with Crippen LogP contribution in [-0.4, -0.2) is 91.7 Å². The van der Waals surface area contributed by atoms with Gasteiger partial charge < -0.3 is 10.1 Å². The van der Waals surface area contributed by atoms with E-state index in [4.69, 9.17) is 4.74 Å². The number of nitrogens with one attached hydrogen (secondary N) is 1. The average molecular weight is 497 g/mol. The van der Waals surface area contributed by atoms with Gasteiger partial charge in [-0.2, -0.15) is 13.2 Å². The van der Waals surface area contributed by atoms with E-state index in [0.29, 0.717) is 19.6 Å². The third-order valence-electron chi connectivity index (χ3n) is 7.82. The smallest absolute Gasteiger partial charge is 0.379 e. The average Bonchev–Trinajstić information content (AvgIpc) is 3.08. The predicted octanol–water partition coefficient (Wildman–Crippen LogP) is 3.36. The summed E-state index contributed by atoms with van der Waals surface area (Å²) < 4.78 is 44.0. The summed E-state index contributed by atoms with van der Waals surface area (Å²) in [5, 5.41) is 3.26. The van der Waals surface area contributed by atoms with Crippen molar-refractivity contribution < 1.29 is 22.7 Å². The Labute approximate surface area is 206 Å². The Balaban J connectivity index is 1.23. The highest BCUT2D eigenvalue weighted by Crippen LogP contribution is 2.34. The molecule has 3 aliphatic rings. The van der Waals surface area contributed by atoms with E-state index in [-0.39, 0.29) is 11.4 Å². The third kappa shape index (κ3) is 7.41. The number of halogens is 3. The second kappa shape index (κ2) is 12.0. The lowest BCUT2D eigenvalue weighted by molar-refractivity contribution is -0.137. The van der Waals surface area contributed by atoms with E-state index in [1.165, 1.54) is 19.3 Å². The van der Waals surface area contributed by atoms with Crippen molar-refractivity contribution in [2.24, 2.45) is 0 Å². The number of nitrogens with zero attached hydrogens (tertiary/aromatic N) is 3. The van der Waals surface area contributed by atoms with E-state index in [1.54, 1.807) is 12.1 Å². The normalized spacial score (nSPS) is 23.1. The van der Waals surface area contributed by atoms with Gasteiger partial charge in [-0.25, -0.2) is 0 Å². The number of amides is 1. The van der Waals surface area contributed by atoms with Crippen LogP contribution in [-0.2, 0) is 22.3 Å². The molecule has 1 amide bonds. The first-order valence-electron chi connectivity index (χ1n) is 13.0. The van der Waals surface area contributed by atoms with Crippen LogP contribution in [0.2, 0.25) is 0 Å². The molecular formula is C26H39F3N4O2. The Hall–Kier alpha value is -1.68. The number of alkyl halides is 3. The Kier molecular flexibility index (Phi) is 9.07. The lowest BCUT2D eigenvalue weighted by Gasteiger charge is -2.48. The zero-order valence-corrected chi connectivity index (χ0v) is 20.6. The molecule has 3 fully saturated rings. The van der Waals surface area contributed by atoms with Crippen LogP contribution in [0.15, 0.2) is 24.3 Å². The van der Waals surface area contributed by atoms with Crippen molar-refractivity contribution >= 4 is 5.91 Å². The van der Waals surface area contributed by atoms with E-state index in [1.807, 2.05) is 0 Å². The molecule has 0 unspecified atom stereocenters. The van der Waals surface area contributed by atoms with Gasteiger partial charge in [-0.05, 0) is 50.0 Å². The second-order valence-corrected chi connectivity index (χ2v) is 10.3. The van der Waals surface area contributed by atoms with Crippen LogP contribution in [0.4, 0.5) is 13.2 Å². The fraction of sp³-hybridized carbons (Fsp3) is 0.731. The third-order valence-corrected chi connectivity index (χ3v) is 7.82. The molecule has 2 aliphatic heterocycles. The number of benzene rings is 1. The van der Waals surface area contributed by atoms with Gasteiger partial charge in [0.1, 0.15) is 0 Å². The number of hydrogen-bond donors (Lipinski definition) is 1. The van der Waals surface area contributed by atoms with E-state index in [0.717, 1.165) is 89.4 Å². The van der Waals surface area contributed by atoms with Crippen molar-refractivity contribution in [3.05, 3.63) is 35.4 Å². The fourth-order valence-electron chi connectivity index (χ4n) is 5.77. The number of carbonyl (C=O) groups excluding carboxylic acids is 1. The van der Waals surface area contributed by atoms with Crippen LogP contribution in [0.1, 0.15) is 49.7 Å². The van der Waals surface area contributed by atoms with Crippen LogP contribution in [0, 0.1) is 0 Å². The van der Waals surface area contributed by atoms with Crippen molar-refractivity contribution in [1.82, 2.24) is 20.0 Å². The SMILES string of the molecule is O=C(CN1CCCN(Cc2ccc(C(F)(F)F)cc2)CC1)NCC1(N2CCOCC2)CCCCC1. The molecule has 9 heteroatoms. The van der Waals surface area contributed by atoms with Gasteiger partial charge in [-0.1, -0.05) is 31.4 Å². The minimum atomic E-state index is -4.30. The molecule has 1 aromatic rings. The van der Waals surface area contributed by atoms with Gasteiger partial charge in [0, 0.05) is 44.8 Å². The van der Waals surface area contributed by atoms with Gasteiger partial charge in [0.15, 0.2) is 0 Å². The highest BCUT2D eigenvalue weighted by atomic mass is 19.4. The van der Waals surface area contributed by atoms with Crippen molar-refractivity contribution in [1.29, 1.82) is 0 Å². The zero-order chi connectivity index (χ0) is 24.7. The quantitative estimate of drug-likeness (QED) is 0.628. The van der Waals surface area contributed by atoms with Gasteiger partial charge in [-0.15, -0.1) is 0 Å². The van der Waals surface area contributed by atoms with Crippen LogP contribution < -0.4 is 5.32 Å². The molecule has 196 valence electrons. The molecule has 35 heavy (non-hydrogen) atoms. The molecule has 6 nitrogen and oxygen atoms in total. The van der Waals surface area contributed by atoms with Crippen LogP contribution in [0.3, 0.4) is 0 Å². The predicted molar refractivity (Wildman–Crippen MR) is 129 cm³/mol. The summed E-state index contributed by atoms with van der Waals surface area (Å²) in [5.74, 6) is 0.0828. The molecule has 0 bridgehead atoms. The molecule has 1 aromatic carbocycles. The molecule has 1 aliphatic carbocycles. The summed E-state index contributed by atoms with van der Waals surface area (Å²) in [5.41, 5.74) is 0.331. The maximum absolute atomic E-state index is 12.9. The minimum absolute atomic E-state index is 0.0644. The van der Waals surface area contributed by atoms with Gasteiger partial charge in [0.05, 0.1) is 25.3 Å². The molecule has 4 rings (SSSR count). The monoisotopic (exact) mass is 496 g/mol. The second-order valence-electron chi connectivity index (χ2n) is 10.3. The first-order chi connectivity index (χ1) is 16.8. The Morgan fingerprint density at radius 1 is 0.886 bits per heavy atom. The van der Waals surface area contributed by atoms with Crippen LogP contribution >= 0.6 is 0 Å². The molecule has 2 heterocycles. The highest BCUT2D eigenvalue weighted by molar-refractivity contribution is 5.78. The molecule has 0 spiro atoms. The molecular weight excluding hydrogens is 457 g/mol. The van der Waals surface area contributed by atoms with E-state index >= 15 is 0 Å². The lowest BCUT2D eigenvalue weighted by atomic mass is 9.79. The van der Waals surface area contributed by atoms with Gasteiger partial charge in [0.25, 0.3) is 0 Å².